The lowest BCUT2D eigenvalue weighted by atomic mass is 9.87. The second kappa shape index (κ2) is 6.19. The number of hydrogen-bond acceptors (Lipinski definition) is 3. The molecule has 0 unspecified atom stereocenters. The number of amides is 1. The Hall–Kier alpha value is -1.71. The number of likely N-dealkylation sites (tertiary alicyclic amines) is 1. The lowest BCUT2D eigenvalue weighted by molar-refractivity contribution is -0.132. The van der Waals surface area contributed by atoms with Crippen LogP contribution < -0.4 is 9.64 Å². The Kier molecular flexibility index (Phi) is 4.27. The van der Waals surface area contributed by atoms with Gasteiger partial charge in [0.2, 0.25) is 5.91 Å². The predicted octanol–water partition coefficient (Wildman–Crippen LogP) is 3.07. The topological polar surface area (TPSA) is 32.8 Å². The van der Waals surface area contributed by atoms with Crippen molar-refractivity contribution in [3.63, 3.8) is 0 Å². The lowest BCUT2D eigenvalue weighted by Gasteiger charge is -2.41. The molecule has 2 heterocycles. The van der Waals surface area contributed by atoms with Crippen molar-refractivity contribution in [2.45, 2.75) is 45.1 Å². The normalized spacial score (nSPS) is 20.3. The maximum absolute atomic E-state index is 11.6. The molecule has 1 amide bonds. The molecule has 22 heavy (non-hydrogen) atoms. The molecule has 0 aliphatic carbocycles. The second-order valence-corrected chi connectivity index (χ2v) is 6.50. The van der Waals surface area contributed by atoms with E-state index in [0.29, 0.717) is 0 Å². The molecule has 0 radical (unpaired) electrons. The third-order valence-corrected chi connectivity index (χ3v) is 4.98. The van der Waals surface area contributed by atoms with E-state index in [2.05, 4.69) is 30.0 Å². The molecule has 120 valence electrons. The summed E-state index contributed by atoms with van der Waals surface area (Å²) in [5, 5.41) is 0. The number of anilines is 1. The average molecular weight is 302 g/mol. The molecular formula is C18H26N2O2. The highest BCUT2D eigenvalue weighted by molar-refractivity contribution is 5.73. The van der Waals surface area contributed by atoms with E-state index >= 15 is 0 Å². The van der Waals surface area contributed by atoms with Gasteiger partial charge in [-0.2, -0.15) is 0 Å². The summed E-state index contributed by atoms with van der Waals surface area (Å²) in [7, 11) is 0. The Morgan fingerprint density at radius 1 is 1.18 bits per heavy atom. The summed E-state index contributed by atoms with van der Waals surface area (Å²) in [6, 6.07) is 8.38. The van der Waals surface area contributed by atoms with Crippen molar-refractivity contribution in [1.82, 2.24) is 4.90 Å². The monoisotopic (exact) mass is 302 g/mol. The molecule has 2 aliphatic rings. The first-order valence-corrected chi connectivity index (χ1v) is 8.42. The van der Waals surface area contributed by atoms with Gasteiger partial charge in [-0.3, -0.25) is 4.79 Å². The molecule has 0 saturated carbocycles. The number of carbonyl (C=O) groups excluding carboxylic acids is 1. The highest BCUT2D eigenvalue weighted by Gasteiger charge is 2.39. The smallest absolute Gasteiger partial charge is 0.219 e. The van der Waals surface area contributed by atoms with Crippen LogP contribution in [0.4, 0.5) is 5.69 Å². The minimum atomic E-state index is -0.107. The van der Waals surface area contributed by atoms with Crippen LogP contribution in [0.2, 0.25) is 0 Å². The Morgan fingerprint density at radius 2 is 1.86 bits per heavy atom. The average Bonchev–Trinajstić information content (AvgIpc) is 2.66. The summed E-state index contributed by atoms with van der Waals surface area (Å²) < 4.78 is 6.51. The van der Waals surface area contributed by atoms with E-state index < -0.39 is 0 Å². The summed E-state index contributed by atoms with van der Waals surface area (Å²) in [4.78, 5) is 15.9. The van der Waals surface area contributed by atoms with Gasteiger partial charge in [0, 0.05) is 52.4 Å². The Morgan fingerprint density at radius 3 is 2.55 bits per heavy atom. The molecule has 4 nitrogen and oxygen atoms in total. The number of hydrogen-bond donors (Lipinski definition) is 0. The fourth-order valence-corrected chi connectivity index (χ4v) is 3.63. The summed E-state index contributed by atoms with van der Waals surface area (Å²) in [6.45, 7) is 7.59. The molecule has 1 spiro atoms. The highest BCUT2D eigenvalue weighted by Crippen LogP contribution is 2.40. The quantitative estimate of drug-likeness (QED) is 0.841. The molecule has 1 fully saturated rings. The van der Waals surface area contributed by atoms with Crippen LogP contribution in [0.25, 0.3) is 0 Å². The van der Waals surface area contributed by atoms with Crippen molar-refractivity contribution < 1.29 is 9.53 Å². The van der Waals surface area contributed by atoms with Gasteiger partial charge in [-0.1, -0.05) is 19.1 Å². The van der Waals surface area contributed by atoms with Gasteiger partial charge in [-0.15, -0.1) is 0 Å². The second-order valence-electron chi connectivity index (χ2n) is 6.50. The maximum Gasteiger partial charge on any atom is 0.219 e. The molecule has 1 saturated heterocycles. The summed E-state index contributed by atoms with van der Waals surface area (Å²) >= 11 is 0. The Balaban J connectivity index is 1.81. The number of ether oxygens (including phenoxy) is 1. The van der Waals surface area contributed by atoms with Gasteiger partial charge in [0.15, 0.2) is 0 Å². The van der Waals surface area contributed by atoms with Crippen LogP contribution >= 0.6 is 0 Å². The fraction of sp³-hybridized carbons (Fsp3) is 0.611. The summed E-state index contributed by atoms with van der Waals surface area (Å²) in [5.41, 5.74) is 1.11. The first kappa shape index (κ1) is 15.2. The predicted molar refractivity (Wildman–Crippen MR) is 88.4 cm³/mol. The maximum atomic E-state index is 11.6. The van der Waals surface area contributed by atoms with E-state index in [9.17, 15) is 4.79 Å². The van der Waals surface area contributed by atoms with Crippen LogP contribution in [0.15, 0.2) is 24.3 Å². The molecule has 0 aromatic heterocycles. The third-order valence-electron chi connectivity index (χ3n) is 4.98. The van der Waals surface area contributed by atoms with Gasteiger partial charge < -0.3 is 14.5 Å². The number of rotatable bonds is 2. The van der Waals surface area contributed by atoms with Crippen LogP contribution in [0.1, 0.15) is 39.5 Å². The molecule has 1 aromatic rings. The van der Waals surface area contributed by atoms with Crippen molar-refractivity contribution in [3.05, 3.63) is 24.3 Å². The first-order valence-electron chi connectivity index (χ1n) is 8.42. The molecule has 0 N–H and O–H groups in total. The zero-order valence-corrected chi connectivity index (χ0v) is 13.7. The van der Waals surface area contributed by atoms with Crippen molar-refractivity contribution in [2.24, 2.45) is 0 Å². The lowest BCUT2D eigenvalue weighted by Crippen LogP contribution is -2.49. The van der Waals surface area contributed by atoms with E-state index in [4.69, 9.17) is 4.74 Å². The Bertz CT molecular complexity index is 536. The number of para-hydroxylation sites is 2. The van der Waals surface area contributed by atoms with Gasteiger partial charge in [-0.05, 0) is 18.6 Å². The number of piperidine rings is 1. The van der Waals surface area contributed by atoms with E-state index in [1.807, 2.05) is 11.0 Å². The molecule has 1 aromatic carbocycles. The largest absolute Gasteiger partial charge is 0.485 e. The number of benzene rings is 1. The first-order chi connectivity index (χ1) is 10.6. The van der Waals surface area contributed by atoms with E-state index in [1.165, 1.54) is 5.69 Å². The number of nitrogens with zero attached hydrogens (tertiary/aromatic N) is 2. The van der Waals surface area contributed by atoms with Gasteiger partial charge in [0.05, 0.1) is 5.69 Å². The molecular weight excluding hydrogens is 276 g/mol. The van der Waals surface area contributed by atoms with E-state index in [0.717, 1.165) is 57.6 Å². The number of carbonyl (C=O) groups is 1. The fourth-order valence-electron chi connectivity index (χ4n) is 3.63. The van der Waals surface area contributed by atoms with Crippen molar-refractivity contribution in [1.29, 1.82) is 0 Å². The van der Waals surface area contributed by atoms with Crippen LogP contribution in [-0.4, -0.2) is 42.6 Å². The van der Waals surface area contributed by atoms with Crippen molar-refractivity contribution >= 4 is 11.6 Å². The van der Waals surface area contributed by atoms with Crippen LogP contribution in [0.5, 0.6) is 5.75 Å². The zero-order valence-electron chi connectivity index (χ0n) is 13.7. The summed E-state index contributed by atoms with van der Waals surface area (Å²) in [5.74, 6) is 1.18. The third kappa shape index (κ3) is 2.92. The van der Waals surface area contributed by atoms with Gasteiger partial charge >= 0.3 is 0 Å². The van der Waals surface area contributed by atoms with Crippen molar-refractivity contribution in [3.8, 4) is 5.75 Å². The van der Waals surface area contributed by atoms with Crippen LogP contribution in [-0.2, 0) is 4.79 Å². The minimum Gasteiger partial charge on any atom is -0.485 e. The van der Waals surface area contributed by atoms with E-state index in [1.54, 1.807) is 6.92 Å². The van der Waals surface area contributed by atoms with Gasteiger partial charge in [0.25, 0.3) is 0 Å². The highest BCUT2D eigenvalue weighted by atomic mass is 16.5. The molecule has 0 atom stereocenters. The minimum absolute atomic E-state index is 0.107. The van der Waals surface area contributed by atoms with Crippen molar-refractivity contribution in [2.75, 3.05) is 31.1 Å². The van der Waals surface area contributed by atoms with E-state index in [-0.39, 0.29) is 11.5 Å². The molecule has 0 bridgehead atoms. The van der Waals surface area contributed by atoms with Crippen LogP contribution in [0.3, 0.4) is 0 Å². The molecule has 2 aliphatic heterocycles. The standard InChI is InChI=1S/C18H26N2O2/c1-3-11-20-14-10-18(8-12-19(13-9-18)15(2)21)22-17-7-5-4-6-16(17)20/h4-7H,3,8-14H2,1-2H3. The molecule has 3 rings (SSSR count). The SMILES string of the molecule is CCCN1CCC2(CCN(C(C)=O)CC2)Oc2ccccc21. The Labute approximate surface area is 133 Å². The van der Waals surface area contributed by atoms with Gasteiger partial charge in [0.1, 0.15) is 11.4 Å². The zero-order chi connectivity index (χ0) is 15.6. The summed E-state index contributed by atoms with van der Waals surface area (Å²) in [6.07, 6.45) is 4.04. The van der Waals surface area contributed by atoms with Crippen LogP contribution in [0, 0.1) is 0 Å². The molecule has 4 heteroatoms. The van der Waals surface area contributed by atoms with Gasteiger partial charge in [-0.25, -0.2) is 0 Å². The number of fused-ring (bicyclic) bond motifs is 1.